The Morgan fingerprint density at radius 2 is 1.50 bits per heavy atom. The molecule has 0 bridgehead atoms. The summed E-state index contributed by atoms with van der Waals surface area (Å²) in [6.45, 7) is 21.4. The van der Waals surface area contributed by atoms with Gasteiger partial charge in [0.2, 0.25) is 0 Å². The quantitative estimate of drug-likeness (QED) is 0.719. The minimum absolute atomic E-state index is 0.322. The SMILES string of the molecule is CC(C)N1CCC(CC(C)N2CCC(C(C)(C)N3CCOCC3)CC2)C1. The molecule has 3 rings (SSSR count). The van der Waals surface area contributed by atoms with Crippen molar-refractivity contribution < 1.29 is 4.74 Å². The number of ether oxygens (including phenoxy) is 1. The Kier molecular flexibility index (Phi) is 7.04. The van der Waals surface area contributed by atoms with Gasteiger partial charge in [-0.3, -0.25) is 4.90 Å². The van der Waals surface area contributed by atoms with Crippen LogP contribution in [0.4, 0.5) is 0 Å². The lowest BCUT2D eigenvalue weighted by atomic mass is 9.78. The highest BCUT2D eigenvalue weighted by Gasteiger charge is 2.38. The molecule has 3 saturated heterocycles. The van der Waals surface area contributed by atoms with Crippen LogP contribution in [-0.4, -0.2) is 84.8 Å². The Bertz CT molecular complexity index is 425. The fourth-order valence-corrected chi connectivity index (χ4v) is 5.60. The second-order valence-corrected chi connectivity index (χ2v) is 9.89. The highest BCUT2D eigenvalue weighted by molar-refractivity contribution is 4.93. The first-order valence-electron chi connectivity index (χ1n) is 11.2. The van der Waals surface area contributed by atoms with Gasteiger partial charge < -0.3 is 14.5 Å². The van der Waals surface area contributed by atoms with E-state index in [4.69, 9.17) is 4.74 Å². The van der Waals surface area contributed by atoms with Gasteiger partial charge in [0.25, 0.3) is 0 Å². The van der Waals surface area contributed by atoms with E-state index in [1.165, 1.54) is 51.9 Å². The average molecular weight is 366 g/mol. The van der Waals surface area contributed by atoms with E-state index in [0.717, 1.165) is 44.2 Å². The molecular formula is C22H43N3O. The molecule has 2 atom stereocenters. The predicted octanol–water partition coefficient (Wildman–Crippen LogP) is 3.32. The van der Waals surface area contributed by atoms with Gasteiger partial charge in [-0.1, -0.05) is 0 Å². The topological polar surface area (TPSA) is 19.0 Å². The van der Waals surface area contributed by atoms with Crippen LogP contribution in [0.1, 0.15) is 60.3 Å². The van der Waals surface area contributed by atoms with Crippen molar-refractivity contribution in [2.45, 2.75) is 77.9 Å². The molecule has 0 amide bonds. The van der Waals surface area contributed by atoms with Crippen molar-refractivity contribution in [1.29, 1.82) is 0 Å². The zero-order valence-electron chi connectivity index (χ0n) is 18.0. The zero-order valence-corrected chi connectivity index (χ0v) is 18.0. The molecule has 0 spiro atoms. The first-order chi connectivity index (χ1) is 12.4. The molecule has 0 aliphatic carbocycles. The summed E-state index contributed by atoms with van der Waals surface area (Å²) in [7, 11) is 0. The molecule has 4 heteroatoms. The van der Waals surface area contributed by atoms with Gasteiger partial charge in [-0.2, -0.15) is 0 Å². The Balaban J connectivity index is 1.44. The predicted molar refractivity (Wildman–Crippen MR) is 110 cm³/mol. The van der Waals surface area contributed by atoms with Crippen LogP contribution in [0.5, 0.6) is 0 Å². The second kappa shape index (κ2) is 8.89. The van der Waals surface area contributed by atoms with Gasteiger partial charge in [-0.15, -0.1) is 0 Å². The molecule has 26 heavy (non-hydrogen) atoms. The molecule has 0 aromatic rings. The van der Waals surface area contributed by atoms with E-state index in [1.54, 1.807) is 0 Å². The highest BCUT2D eigenvalue weighted by atomic mass is 16.5. The van der Waals surface area contributed by atoms with E-state index in [2.05, 4.69) is 49.3 Å². The summed E-state index contributed by atoms with van der Waals surface area (Å²) in [5, 5.41) is 0. The van der Waals surface area contributed by atoms with Crippen LogP contribution in [0, 0.1) is 11.8 Å². The van der Waals surface area contributed by atoms with Crippen LogP contribution in [-0.2, 0) is 4.74 Å². The summed E-state index contributed by atoms with van der Waals surface area (Å²) in [5.74, 6) is 1.74. The molecule has 4 nitrogen and oxygen atoms in total. The van der Waals surface area contributed by atoms with E-state index in [0.29, 0.717) is 11.6 Å². The Hall–Kier alpha value is -0.160. The van der Waals surface area contributed by atoms with Crippen molar-refractivity contribution in [2.75, 3.05) is 52.5 Å². The maximum atomic E-state index is 5.56. The third-order valence-electron chi connectivity index (χ3n) is 7.70. The van der Waals surface area contributed by atoms with Gasteiger partial charge in [0.05, 0.1) is 13.2 Å². The van der Waals surface area contributed by atoms with Crippen molar-refractivity contribution in [3.63, 3.8) is 0 Å². The lowest BCUT2D eigenvalue weighted by Gasteiger charge is -2.49. The lowest BCUT2D eigenvalue weighted by molar-refractivity contribution is -0.0456. The van der Waals surface area contributed by atoms with Crippen LogP contribution < -0.4 is 0 Å². The van der Waals surface area contributed by atoms with Crippen LogP contribution in [0.2, 0.25) is 0 Å². The molecule has 3 aliphatic heterocycles. The molecule has 0 saturated carbocycles. The Morgan fingerprint density at radius 3 is 2.08 bits per heavy atom. The summed E-state index contributed by atoms with van der Waals surface area (Å²) in [5.41, 5.74) is 0.322. The van der Waals surface area contributed by atoms with Gasteiger partial charge in [0.1, 0.15) is 0 Å². The molecule has 152 valence electrons. The van der Waals surface area contributed by atoms with Crippen molar-refractivity contribution in [3.05, 3.63) is 0 Å². The lowest BCUT2D eigenvalue weighted by Crippen LogP contribution is -2.56. The minimum atomic E-state index is 0.322. The number of nitrogens with zero attached hydrogens (tertiary/aromatic N) is 3. The molecule has 3 aliphatic rings. The molecular weight excluding hydrogens is 322 g/mol. The van der Waals surface area contributed by atoms with Crippen molar-refractivity contribution >= 4 is 0 Å². The van der Waals surface area contributed by atoms with Gasteiger partial charge in [0.15, 0.2) is 0 Å². The number of hydrogen-bond donors (Lipinski definition) is 0. The van der Waals surface area contributed by atoms with E-state index in [1.807, 2.05) is 0 Å². The Labute approximate surface area is 162 Å². The van der Waals surface area contributed by atoms with E-state index in [-0.39, 0.29) is 0 Å². The number of rotatable bonds is 6. The van der Waals surface area contributed by atoms with Gasteiger partial charge in [-0.05, 0) is 91.8 Å². The molecule has 0 aromatic carbocycles. The van der Waals surface area contributed by atoms with Crippen LogP contribution in [0.15, 0.2) is 0 Å². The molecule has 2 unspecified atom stereocenters. The number of piperidine rings is 1. The first kappa shape index (κ1) is 20.6. The molecule has 0 radical (unpaired) electrons. The van der Waals surface area contributed by atoms with Gasteiger partial charge in [0, 0.05) is 37.3 Å². The van der Waals surface area contributed by atoms with Crippen LogP contribution >= 0.6 is 0 Å². The smallest absolute Gasteiger partial charge is 0.0594 e. The van der Waals surface area contributed by atoms with E-state index >= 15 is 0 Å². The number of hydrogen-bond acceptors (Lipinski definition) is 4. The summed E-state index contributed by atoms with van der Waals surface area (Å²) < 4.78 is 5.56. The minimum Gasteiger partial charge on any atom is -0.379 e. The van der Waals surface area contributed by atoms with Crippen molar-refractivity contribution in [1.82, 2.24) is 14.7 Å². The maximum Gasteiger partial charge on any atom is 0.0594 e. The summed E-state index contributed by atoms with van der Waals surface area (Å²) in [6.07, 6.45) is 5.51. The molecule has 0 aromatic heterocycles. The first-order valence-corrected chi connectivity index (χ1v) is 11.2. The zero-order chi connectivity index (χ0) is 18.7. The normalized spacial score (nSPS) is 29.5. The summed E-state index contributed by atoms with van der Waals surface area (Å²) in [4.78, 5) is 8.12. The summed E-state index contributed by atoms with van der Waals surface area (Å²) in [6, 6.07) is 1.47. The fraction of sp³-hybridized carbons (Fsp3) is 1.00. The molecule has 3 heterocycles. The van der Waals surface area contributed by atoms with Crippen LogP contribution in [0.25, 0.3) is 0 Å². The highest BCUT2D eigenvalue weighted by Crippen LogP contribution is 2.34. The largest absolute Gasteiger partial charge is 0.379 e. The summed E-state index contributed by atoms with van der Waals surface area (Å²) >= 11 is 0. The second-order valence-electron chi connectivity index (χ2n) is 9.89. The van der Waals surface area contributed by atoms with Gasteiger partial charge in [-0.25, -0.2) is 0 Å². The Morgan fingerprint density at radius 1 is 0.885 bits per heavy atom. The third-order valence-corrected chi connectivity index (χ3v) is 7.70. The van der Waals surface area contributed by atoms with Crippen molar-refractivity contribution in [2.24, 2.45) is 11.8 Å². The van der Waals surface area contributed by atoms with E-state index < -0.39 is 0 Å². The standard InChI is InChI=1S/C22H43N3O/c1-18(2)24-9-6-20(17-24)16-19(3)23-10-7-21(8-11-23)22(4,5)25-12-14-26-15-13-25/h18-21H,6-17H2,1-5H3. The monoisotopic (exact) mass is 365 g/mol. The third kappa shape index (κ3) is 4.81. The average Bonchev–Trinajstić information content (AvgIpc) is 3.11. The van der Waals surface area contributed by atoms with Gasteiger partial charge >= 0.3 is 0 Å². The molecule has 3 fully saturated rings. The van der Waals surface area contributed by atoms with Crippen LogP contribution in [0.3, 0.4) is 0 Å². The number of morpholine rings is 1. The van der Waals surface area contributed by atoms with Crippen molar-refractivity contribution in [3.8, 4) is 0 Å². The molecule has 0 N–H and O–H groups in total. The maximum absolute atomic E-state index is 5.56. The fourth-order valence-electron chi connectivity index (χ4n) is 5.60. The van der Waals surface area contributed by atoms with E-state index in [9.17, 15) is 0 Å². The number of likely N-dealkylation sites (tertiary alicyclic amines) is 2.